The van der Waals surface area contributed by atoms with Crippen molar-refractivity contribution in [1.82, 2.24) is 4.90 Å². The van der Waals surface area contributed by atoms with Gasteiger partial charge in [-0.3, -0.25) is 19.3 Å². The van der Waals surface area contributed by atoms with Gasteiger partial charge in [0, 0.05) is 10.2 Å². The zero-order valence-electron chi connectivity index (χ0n) is 17.1. The summed E-state index contributed by atoms with van der Waals surface area (Å²) in [5.41, 5.74) is 0.581. The van der Waals surface area contributed by atoms with Gasteiger partial charge in [0.1, 0.15) is 18.0 Å². The second kappa shape index (κ2) is 7.30. The molecule has 1 saturated heterocycles. The quantitative estimate of drug-likeness (QED) is 0.500. The smallest absolute Gasteiger partial charge is 0.244 e. The molecule has 2 saturated carbocycles. The zero-order valence-corrected chi connectivity index (χ0v) is 18.7. The first-order chi connectivity index (χ1) is 15.5. The molecule has 2 bridgehead atoms. The van der Waals surface area contributed by atoms with Gasteiger partial charge in [0.15, 0.2) is 0 Å². The number of hydrogen-bond acceptors (Lipinski definition) is 4. The van der Waals surface area contributed by atoms with E-state index < -0.39 is 0 Å². The number of carbonyl (C=O) groups excluding carboxylic acids is 3. The molecule has 0 aromatic heterocycles. The minimum absolute atomic E-state index is 0.165. The van der Waals surface area contributed by atoms with Crippen LogP contribution in [0.2, 0.25) is 0 Å². The lowest BCUT2D eigenvalue weighted by Gasteiger charge is -2.37. The maximum absolute atomic E-state index is 13.0. The van der Waals surface area contributed by atoms with Gasteiger partial charge in [0.25, 0.3) is 0 Å². The summed E-state index contributed by atoms with van der Waals surface area (Å²) in [5, 5.41) is 2.78. The van der Waals surface area contributed by atoms with Crippen LogP contribution in [0.15, 0.2) is 65.2 Å². The number of carbonyl (C=O) groups is 3. The monoisotopic (exact) mass is 492 g/mol. The van der Waals surface area contributed by atoms with Gasteiger partial charge in [-0.1, -0.05) is 28.1 Å². The molecule has 6 atom stereocenters. The number of halogens is 1. The second-order valence-electron chi connectivity index (χ2n) is 9.05. The van der Waals surface area contributed by atoms with Gasteiger partial charge in [0.05, 0.1) is 11.8 Å². The van der Waals surface area contributed by atoms with Crippen molar-refractivity contribution in [2.24, 2.45) is 35.5 Å². The van der Waals surface area contributed by atoms with Crippen molar-refractivity contribution in [3.8, 4) is 11.5 Å². The Kier molecular flexibility index (Phi) is 4.50. The van der Waals surface area contributed by atoms with Crippen LogP contribution < -0.4 is 10.1 Å². The Labute approximate surface area is 193 Å². The molecule has 3 fully saturated rings. The predicted octanol–water partition coefficient (Wildman–Crippen LogP) is 4.23. The van der Waals surface area contributed by atoms with E-state index in [1.807, 2.05) is 24.3 Å². The highest BCUT2D eigenvalue weighted by Gasteiger charge is 2.67. The van der Waals surface area contributed by atoms with Crippen LogP contribution in [0.25, 0.3) is 0 Å². The Hall–Kier alpha value is -2.93. The number of hydrogen-bond donors (Lipinski definition) is 1. The average Bonchev–Trinajstić information content (AvgIpc) is 3.58. The molecule has 1 N–H and O–H groups in total. The van der Waals surface area contributed by atoms with Gasteiger partial charge in [-0.2, -0.15) is 0 Å². The summed E-state index contributed by atoms with van der Waals surface area (Å²) in [6.45, 7) is -0.239. The Balaban J connectivity index is 1.09. The number of anilines is 1. The van der Waals surface area contributed by atoms with Crippen LogP contribution in [-0.4, -0.2) is 29.2 Å². The molecule has 32 heavy (non-hydrogen) atoms. The van der Waals surface area contributed by atoms with Crippen molar-refractivity contribution in [2.45, 2.75) is 6.42 Å². The third-order valence-corrected chi connectivity index (χ3v) is 7.77. The van der Waals surface area contributed by atoms with Gasteiger partial charge in [-0.05, 0) is 78.6 Å². The molecule has 162 valence electrons. The normalized spacial score (nSPS) is 31.3. The van der Waals surface area contributed by atoms with Crippen LogP contribution in [0.4, 0.5) is 5.69 Å². The molecule has 3 amide bonds. The highest BCUT2D eigenvalue weighted by Crippen LogP contribution is 2.65. The summed E-state index contributed by atoms with van der Waals surface area (Å²) >= 11 is 3.39. The van der Waals surface area contributed by atoms with Crippen LogP contribution in [0.5, 0.6) is 11.5 Å². The van der Waals surface area contributed by atoms with E-state index in [2.05, 4.69) is 33.4 Å². The molecule has 6 nitrogen and oxygen atoms in total. The van der Waals surface area contributed by atoms with E-state index in [4.69, 9.17) is 4.74 Å². The SMILES string of the molecule is O=C(CN1C(=O)[C@@H]2[C@@H]3C=C[C@H]([C@@H]4C[C@H]34)[C@@H]2C1=O)Nc1ccc(Oc2ccc(Br)cc2)cc1. The fourth-order valence-corrected chi connectivity index (χ4v) is 6.03. The number of ether oxygens (including phenoxy) is 1. The third kappa shape index (κ3) is 3.18. The zero-order chi connectivity index (χ0) is 22.0. The van der Waals surface area contributed by atoms with E-state index in [0.717, 1.165) is 10.9 Å². The fraction of sp³-hybridized carbons (Fsp3) is 0.320. The summed E-state index contributed by atoms with van der Waals surface area (Å²) in [6, 6.07) is 14.5. The Morgan fingerprint density at radius 1 is 0.906 bits per heavy atom. The van der Waals surface area contributed by atoms with Crippen molar-refractivity contribution in [1.29, 1.82) is 0 Å². The van der Waals surface area contributed by atoms with Crippen molar-refractivity contribution in [2.75, 3.05) is 11.9 Å². The second-order valence-corrected chi connectivity index (χ2v) is 9.96. The van der Waals surface area contributed by atoms with Crippen LogP contribution in [0, 0.1) is 35.5 Å². The maximum Gasteiger partial charge on any atom is 0.244 e. The molecule has 5 aliphatic rings. The van der Waals surface area contributed by atoms with Gasteiger partial charge >= 0.3 is 0 Å². The first-order valence-electron chi connectivity index (χ1n) is 10.9. The number of imide groups is 1. The van der Waals surface area contributed by atoms with Crippen LogP contribution in [-0.2, 0) is 14.4 Å². The lowest BCUT2D eigenvalue weighted by atomic mass is 9.63. The first kappa shape index (κ1) is 19.7. The Morgan fingerprint density at radius 3 is 2.00 bits per heavy atom. The van der Waals surface area contributed by atoms with E-state index in [1.54, 1.807) is 24.3 Å². The number of rotatable bonds is 5. The highest BCUT2D eigenvalue weighted by molar-refractivity contribution is 9.10. The summed E-state index contributed by atoms with van der Waals surface area (Å²) in [4.78, 5) is 39.8. The topological polar surface area (TPSA) is 75.7 Å². The molecule has 7 heteroatoms. The van der Waals surface area contributed by atoms with Crippen molar-refractivity contribution in [3.05, 3.63) is 65.2 Å². The number of amides is 3. The van der Waals surface area contributed by atoms with E-state index in [0.29, 0.717) is 29.0 Å². The number of nitrogens with one attached hydrogen (secondary N) is 1. The molecule has 2 aromatic rings. The van der Waals surface area contributed by atoms with Gasteiger partial charge in [-0.25, -0.2) is 0 Å². The van der Waals surface area contributed by atoms with Crippen LogP contribution in [0.1, 0.15) is 6.42 Å². The standard InChI is InChI=1S/C25H21BrN2O4/c26-13-1-5-15(6-2-13)32-16-7-3-14(4-8-16)27-21(29)12-28-24(30)22-17-9-10-18(20-11-19(17)20)23(22)25(28)31/h1-10,17-20,22-23H,11-12H2,(H,27,29)/t17-,18-,19-,20+,22-,23+/m1/s1. The molecule has 0 radical (unpaired) electrons. The van der Waals surface area contributed by atoms with Crippen LogP contribution in [0.3, 0.4) is 0 Å². The molecule has 7 rings (SSSR count). The highest BCUT2D eigenvalue weighted by atomic mass is 79.9. The minimum Gasteiger partial charge on any atom is -0.457 e. The molecule has 0 spiro atoms. The lowest BCUT2D eigenvalue weighted by Crippen LogP contribution is -2.40. The Morgan fingerprint density at radius 2 is 1.44 bits per heavy atom. The summed E-state index contributed by atoms with van der Waals surface area (Å²) in [7, 11) is 0. The molecular weight excluding hydrogens is 472 g/mol. The van der Waals surface area contributed by atoms with Crippen molar-refractivity contribution in [3.63, 3.8) is 0 Å². The van der Waals surface area contributed by atoms with E-state index >= 15 is 0 Å². The largest absolute Gasteiger partial charge is 0.457 e. The molecule has 4 aliphatic carbocycles. The number of allylic oxidation sites excluding steroid dienone is 2. The average molecular weight is 493 g/mol. The van der Waals surface area contributed by atoms with Crippen LogP contribution >= 0.6 is 15.9 Å². The number of likely N-dealkylation sites (tertiary alicyclic amines) is 1. The molecular formula is C25H21BrN2O4. The van der Waals surface area contributed by atoms with Crippen molar-refractivity contribution < 1.29 is 19.1 Å². The van der Waals surface area contributed by atoms with E-state index in [1.165, 1.54) is 4.90 Å². The predicted molar refractivity (Wildman–Crippen MR) is 121 cm³/mol. The minimum atomic E-state index is -0.377. The van der Waals surface area contributed by atoms with E-state index in [-0.39, 0.29) is 47.9 Å². The Bertz CT molecular complexity index is 1110. The lowest BCUT2D eigenvalue weighted by molar-refractivity contribution is -0.142. The summed E-state index contributed by atoms with van der Waals surface area (Å²) in [5.74, 6) is 1.49. The molecule has 1 heterocycles. The molecule has 2 aromatic carbocycles. The fourth-order valence-electron chi connectivity index (χ4n) is 5.76. The number of nitrogens with zero attached hydrogens (tertiary/aromatic N) is 1. The summed E-state index contributed by atoms with van der Waals surface area (Å²) < 4.78 is 6.75. The van der Waals surface area contributed by atoms with Gasteiger partial charge in [-0.15, -0.1) is 0 Å². The maximum atomic E-state index is 13.0. The van der Waals surface area contributed by atoms with E-state index in [9.17, 15) is 14.4 Å². The first-order valence-corrected chi connectivity index (χ1v) is 11.7. The molecule has 1 aliphatic heterocycles. The van der Waals surface area contributed by atoms with Gasteiger partial charge in [0.2, 0.25) is 17.7 Å². The number of benzene rings is 2. The third-order valence-electron chi connectivity index (χ3n) is 7.24. The summed E-state index contributed by atoms with van der Waals surface area (Å²) in [6.07, 6.45) is 5.39. The molecule has 0 unspecified atom stereocenters. The van der Waals surface area contributed by atoms with Crippen molar-refractivity contribution >= 4 is 39.3 Å². The van der Waals surface area contributed by atoms with Gasteiger partial charge < -0.3 is 10.1 Å².